The molecular weight excluding hydrogens is 515 g/mol. The number of fused-ring (bicyclic) bond motifs is 2. The van der Waals surface area contributed by atoms with Gasteiger partial charge in [0.2, 0.25) is 10.0 Å². The maximum atomic E-state index is 13.7. The number of benzene rings is 3. The summed E-state index contributed by atoms with van der Waals surface area (Å²) in [5, 5.41) is 20.0. The number of halogens is 1. The molecule has 1 saturated heterocycles. The Balaban J connectivity index is 1.29. The van der Waals surface area contributed by atoms with Crippen molar-refractivity contribution in [2.45, 2.75) is 33.1 Å². The SMILES string of the molecule is O=S(=O)(c1ccc(Sc2cccc3cccnc23)c2nonc12)N1CCC(O)(c2cccc(F)c2)CC1. The highest BCUT2D eigenvalue weighted by Gasteiger charge is 2.39. The molecule has 3 aromatic carbocycles. The standard InChI is InChI=1S/C26H21FN4O4S2/c27-19-7-2-6-18(16-19)26(32)11-14-31(15-12-26)37(33,34)22-10-9-21(24-25(22)30-35-29-24)36-20-8-1-4-17-5-3-13-28-23(17)20/h1-10,13,16,32H,11-12,14-15H2. The van der Waals surface area contributed by atoms with Gasteiger partial charge < -0.3 is 5.11 Å². The predicted molar refractivity (Wildman–Crippen MR) is 136 cm³/mol. The van der Waals surface area contributed by atoms with Crippen LogP contribution < -0.4 is 0 Å². The first kappa shape index (κ1) is 24.0. The third kappa shape index (κ3) is 4.27. The number of nitrogens with zero attached hydrogens (tertiary/aromatic N) is 4. The van der Waals surface area contributed by atoms with E-state index in [1.807, 2.05) is 30.3 Å². The van der Waals surface area contributed by atoms with Crippen LogP contribution in [0.3, 0.4) is 0 Å². The van der Waals surface area contributed by atoms with E-state index in [4.69, 9.17) is 4.63 Å². The van der Waals surface area contributed by atoms with Crippen LogP contribution in [0.15, 0.2) is 92.2 Å². The smallest absolute Gasteiger partial charge is 0.245 e. The molecule has 1 aliphatic rings. The van der Waals surface area contributed by atoms with E-state index < -0.39 is 21.4 Å². The highest BCUT2D eigenvalue weighted by molar-refractivity contribution is 7.99. The third-order valence-corrected chi connectivity index (χ3v) is 9.72. The molecular formula is C26H21FN4O4S2. The van der Waals surface area contributed by atoms with Crippen molar-refractivity contribution in [1.82, 2.24) is 19.6 Å². The largest absolute Gasteiger partial charge is 0.385 e. The molecule has 3 heterocycles. The summed E-state index contributed by atoms with van der Waals surface area (Å²) in [6.07, 6.45) is 2.00. The molecule has 0 spiro atoms. The summed E-state index contributed by atoms with van der Waals surface area (Å²) in [4.78, 5) is 6.05. The van der Waals surface area contributed by atoms with Crippen molar-refractivity contribution >= 4 is 43.7 Å². The monoisotopic (exact) mass is 536 g/mol. The van der Waals surface area contributed by atoms with Crippen LogP contribution in [0.5, 0.6) is 0 Å². The minimum atomic E-state index is -3.96. The Morgan fingerprint density at radius 3 is 2.46 bits per heavy atom. The van der Waals surface area contributed by atoms with Gasteiger partial charge in [-0.3, -0.25) is 4.98 Å². The van der Waals surface area contributed by atoms with Crippen LogP contribution in [-0.4, -0.2) is 46.2 Å². The number of aromatic nitrogens is 3. The van der Waals surface area contributed by atoms with Gasteiger partial charge in [-0.1, -0.05) is 42.1 Å². The first-order chi connectivity index (χ1) is 17.8. The van der Waals surface area contributed by atoms with Crippen molar-refractivity contribution in [2.24, 2.45) is 0 Å². The topological polar surface area (TPSA) is 109 Å². The zero-order valence-corrected chi connectivity index (χ0v) is 21.0. The molecule has 1 aliphatic heterocycles. The zero-order valence-electron chi connectivity index (χ0n) is 19.4. The summed E-state index contributed by atoms with van der Waals surface area (Å²) in [7, 11) is -3.96. The fourth-order valence-corrected chi connectivity index (χ4v) is 7.27. The second-order valence-electron chi connectivity index (χ2n) is 8.90. The van der Waals surface area contributed by atoms with Crippen LogP contribution in [0.1, 0.15) is 18.4 Å². The highest BCUT2D eigenvalue weighted by atomic mass is 32.2. The van der Waals surface area contributed by atoms with Crippen molar-refractivity contribution in [2.75, 3.05) is 13.1 Å². The number of rotatable bonds is 5. The molecule has 0 aliphatic carbocycles. The zero-order chi connectivity index (χ0) is 25.6. The highest BCUT2D eigenvalue weighted by Crippen LogP contribution is 2.39. The van der Waals surface area contributed by atoms with Gasteiger partial charge in [0, 0.05) is 34.5 Å². The molecule has 11 heteroatoms. The van der Waals surface area contributed by atoms with Gasteiger partial charge in [-0.15, -0.1) is 0 Å². The lowest BCUT2D eigenvalue weighted by molar-refractivity contribution is -0.00984. The van der Waals surface area contributed by atoms with E-state index in [0.29, 0.717) is 16.0 Å². The molecule has 2 aromatic heterocycles. The number of hydrogen-bond donors (Lipinski definition) is 1. The third-order valence-electron chi connectivity index (χ3n) is 6.69. The van der Waals surface area contributed by atoms with Crippen molar-refractivity contribution in [3.63, 3.8) is 0 Å². The molecule has 37 heavy (non-hydrogen) atoms. The van der Waals surface area contributed by atoms with Gasteiger partial charge in [0.05, 0.1) is 11.1 Å². The average Bonchev–Trinajstić information content (AvgIpc) is 3.40. The molecule has 8 nitrogen and oxygen atoms in total. The second kappa shape index (κ2) is 9.18. The quantitative estimate of drug-likeness (QED) is 0.343. The Morgan fingerprint density at radius 1 is 0.919 bits per heavy atom. The van der Waals surface area contributed by atoms with E-state index in [-0.39, 0.29) is 36.3 Å². The number of hydrogen-bond acceptors (Lipinski definition) is 8. The van der Waals surface area contributed by atoms with E-state index in [2.05, 4.69) is 15.3 Å². The number of pyridine rings is 1. The van der Waals surface area contributed by atoms with Gasteiger partial charge in [-0.05, 0) is 65.1 Å². The van der Waals surface area contributed by atoms with E-state index >= 15 is 0 Å². The molecule has 0 bridgehead atoms. The van der Waals surface area contributed by atoms with Gasteiger partial charge in [0.1, 0.15) is 10.7 Å². The van der Waals surface area contributed by atoms with Gasteiger partial charge in [0.15, 0.2) is 11.0 Å². The minimum Gasteiger partial charge on any atom is -0.385 e. The van der Waals surface area contributed by atoms with Crippen LogP contribution in [0.4, 0.5) is 4.39 Å². The second-order valence-corrected chi connectivity index (χ2v) is 11.9. The van der Waals surface area contributed by atoms with Gasteiger partial charge in [-0.2, -0.15) is 4.31 Å². The van der Waals surface area contributed by atoms with E-state index in [1.165, 1.54) is 40.3 Å². The van der Waals surface area contributed by atoms with E-state index in [1.54, 1.807) is 18.3 Å². The Labute approximate surface area is 216 Å². The van der Waals surface area contributed by atoms with E-state index in [0.717, 1.165) is 15.8 Å². The Kier molecular flexibility index (Phi) is 5.95. The van der Waals surface area contributed by atoms with Crippen LogP contribution in [0, 0.1) is 5.82 Å². The van der Waals surface area contributed by atoms with Crippen LogP contribution in [-0.2, 0) is 15.6 Å². The van der Waals surface area contributed by atoms with Crippen LogP contribution in [0.25, 0.3) is 21.9 Å². The Bertz CT molecular complexity index is 1730. The first-order valence-corrected chi connectivity index (χ1v) is 13.9. The van der Waals surface area contributed by atoms with Gasteiger partial charge in [0.25, 0.3) is 0 Å². The molecule has 1 N–H and O–H groups in total. The normalized spacial score (nSPS) is 16.4. The maximum absolute atomic E-state index is 13.7. The summed E-state index contributed by atoms with van der Waals surface area (Å²) in [6.45, 7) is 0.139. The fraction of sp³-hybridized carbons (Fsp3) is 0.192. The maximum Gasteiger partial charge on any atom is 0.245 e. The summed E-state index contributed by atoms with van der Waals surface area (Å²) in [6, 6.07) is 18.7. The molecule has 0 atom stereocenters. The summed E-state index contributed by atoms with van der Waals surface area (Å²) in [5.74, 6) is -0.445. The lowest BCUT2D eigenvalue weighted by Crippen LogP contribution is -2.45. The molecule has 0 saturated carbocycles. The number of aliphatic hydroxyl groups is 1. The molecule has 188 valence electrons. The summed E-state index contributed by atoms with van der Waals surface area (Å²) < 4.78 is 47.2. The average molecular weight is 537 g/mol. The van der Waals surface area contributed by atoms with E-state index in [9.17, 15) is 17.9 Å². The fourth-order valence-electron chi connectivity index (χ4n) is 4.69. The molecule has 1 fully saturated rings. The first-order valence-electron chi connectivity index (χ1n) is 11.6. The summed E-state index contributed by atoms with van der Waals surface area (Å²) in [5.41, 5.74) is 0.454. The number of para-hydroxylation sites is 1. The van der Waals surface area contributed by atoms with Crippen LogP contribution in [0.2, 0.25) is 0 Å². The molecule has 0 unspecified atom stereocenters. The number of piperidine rings is 1. The van der Waals surface area contributed by atoms with Gasteiger partial charge >= 0.3 is 0 Å². The minimum absolute atomic E-state index is 0.0136. The van der Waals surface area contributed by atoms with Crippen molar-refractivity contribution in [3.05, 3.63) is 84.3 Å². The predicted octanol–water partition coefficient (Wildman–Crippen LogP) is 4.73. The molecule has 5 aromatic rings. The Hall–Kier alpha value is -3.38. The number of sulfonamides is 1. The van der Waals surface area contributed by atoms with Crippen molar-refractivity contribution in [3.8, 4) is 0 Å². The Morgan fingerprint density at radius 2 is 1.65 bits per heavy atom. The van der Waals surface area contributed by atoms with Crippen LogP contribution >= 0.6 is 11.8 Å². The lowest BCUT2D eigenvalue weighted by Gasteiger charge is -2.37. The van der Waals surface area contributed by atoms with Gasteiger partial charge in [-0.25, -0.2) is 17.4 Å². The molecule has 0 radical (unpaired) electrons. The van der Waals surface area contributed by atoms with Crippen molar-refractivity contribution < 1.29 is 22.5 Å². The summed E-state index contributed by atoms with van der Waals surface area (Å²) >= 11 is 1.41. The lowest BCUT2D eigenvalue weighted by atomic mass is 9.85. The van der Waals surface area contributed by atoms with Crippen molar-refractivity contribution in [1.29, 1.82) is 0 Å². The molecule has 6 rings (SSSR count). The molecule has 0 amide bonds.